The zero-order valence-electron chi connectivity index (χ0n) is 65.0. The quantitative estimate of drug-likeness (QED) is 0.0409. The van der Waals surface area contributed by atoms with Crippen molar-refractivity contribution in [2.45, 2.75) is 273 Å². The second kappa shape index (κ2) is 38.1. The molecule has 18 nitrogen and oxygen atoms in total. The predicted molar refractivity (Wildman–Crippen MR) is 424 cm³/mol. The molecule has 14 atom stereocenters. The summed E-state index contributed by atoms with van der Waals surface area (Å²) in [6, 6.07) is 30.5. The van der Waals surface area contributed by atoms with E-state index < -0.39 is 137 Å². The van der Waals surface area contributed by atoms with Gasteiger partial charge in [0.2, 0.25) is 11.6 Å². The van der Waals surface area contributed by atoms with Crippen LogP contribution in [0.5, 0.6) is 11.5 Å². The van der Waals surface area contributed by atoms with Gasteiger partial charge in [-0.25, -0.2) is 0 Å². The van der Waals surface area contributed by atoms with E-state index in [1.165, 1.54) is 0 Å². The van der Waals surface area contributed by atoms with Crippen molar-refractivity contribution < 1.29 is 83.3 Å². The Morgan fingerprint density at radius 3 is 1.15 bits per heavy atom. The molecule has 103 heavy (non-hydrogen) atoms. The van der Waals surface area contributed by atoms with Gasteiger partial charge in [0, 0.05) is 64.1 Å². The van der Waals surface area contributed by atoms with Crippen LogP contribution in [0.15, 0.2) is 84.9 Å². The van der Waals surface area contributed by atoms with Gasteiger partial charge in [0.05, 0.1) is 56.9 Å². The number of hydrogen-bond donors (Lipinski definition) is 2. The highest BCUT2D eigenvalue weighted by molar-refractivity contribution is 6.71. The molecule has 0 spiro atoms. The van der Waals surface area contributed by atoms with Crippen molar-refractivity contribution in [2.24, 2.45) is 11.8 Å². The average Bonchev–Trinajstić information content (AvgIpc) is 0.890. The molecule has 29 heteroatoms. The molecule has 2 N–H and O–H groups in total. The lowest BCUT2D eigenvalue weighted by molar-refractivity contribution is -0.339. The number of rotatable bonds is 35. The third kappa shape index (κ3) is 25.6. The van der Waals surface area contributed by atoms with E-state index in [0.29, 0.717) is 120 Å². The van der Waals surface area contributed by atoms with E-state index in [-0.39, 0.29) is 24.0 Å². The number of halogens is 2. The van der Waals surface area contributed by atoms with Crippen molar-refractivity contribution in [3.05, 3.63) is 128 Å². The van der Waals surface area contributed by atoms with Gasteiger partial charge in [-0.1, -0.05) is 87.3 Å². The molecule has 4 fully saturated rings. The molecule has 0 amide bonds. The molecule has 8 rings (SSSR count). The first kappa shape index (κ1) is 88.0. The Balaban J connectivity index is 0.000000289. The molecule has 4 aliphatic rings. The zero-order valence-corrected chi connectivity index (χ0v) is 75.5. The van der Waals surface area contributed by atoms with Crippen molar-refractivity contribution in [1.29, 1.82) is 0 Å². The van der Waals surface area contributed by atoms with Crippen LogP contribution >= 0.6 is 23.2 Å². The number of benzene rings is 4. The van der Waals surface area contributed by atoms with Gasteiger partial charge >= 0.3 is 0 Å². The van der Waals surface area contributed by atoms with Crippen LogP contribution in [0.2, 0.25) is 157 Å². The summed E-state index contributed by atoms with van der Waals surface area (Å²) in [5.41, 5.74) is 4.05. The van der Waals surface area contributed by atoms with Crippen molar-refractivity contribution in [3.8, 4) is 11.5 Å². The van der Waals surface area contributed by atoms with E-state index in [1.54, 1.807) is 31.4 Å². The summed E-state index contributed by atoms with van der Waals surface area (Å²) in [6.07, 6.45) is -2.56. The first-order chi connectivity index (χ1) is 48.1. The highest BCUT2D eigenvalue weighted by Crippen LogP contribution is 2.50. The lowest BCUT2D eigenvalue weighted by atomic mass is 9.82. The molecular weight excluding hydrogens is 1500 g/mol. The third-order valence-corrected chi connectivity index (χ3v) is 30.7. The van der Waals surface area contributed by atoms with Gasteiger partial charge in [-0.05, 0) is 219 Å². The van der Waals surface area contributed by atoms with Gasteiger partial charge < -0.3 is 83.3 Å². The Hall–Kier alpha value is -2.27. The zero-order chi connectivity index (χ0) is 76.2. The molecule has 4 aromatic carbocycles. The number of aliphatic hydroxyl groups is 2. The molecular formula is C74H120Cl2O18Si9. The van der Waals surface area contributed by atoms with Gasteiger partial charge in [-0.15, -0.1) is 0 Å². The van der Waals surface area contributed by atoms with Crippen LogP contribution in [0.3, 0.4) is 0 Å². The molecule has 4 saturated heterocycles. The molecule has 4 aromatic rings. The lowest BCUT2D eigenvalue weighted by Crippen LogP contribution is -2.65. The standard InChI is InChI=1S/C38H63ClO9Si5.C36H57ClO9Si4/c1-12-49(41)23-21-34-32(26-50(42)13-2)36(47-52(6,7)8)37(48-53(9,10)11)38(40,45-34)28-16-19-33(39)31(24-28)35(46-51(3,4)5)27-14-17-29(18-15-27)44-30-20-22-43-25-30;1-10-47(39)21-19-32-30(24-48(40)11-2)34(45-49(4,5)6)35(46-50(7,8)9)36(38,44-32)26-14-17-31(37)29(22-26)33(41-3)25-12-15-27(16-13-25)43-28-18-20-42-23-28/h14-19,24,30,32,34-37,40H,12-13,20-23,25-26H2,1-11H3;12-17,22,28,30,32-35,38H,10-11,18-21,23-24H2,1-9H3/t30?,32-,34-,35?,36+,37-,38+;28?,30-,32-,33?,34+,35-,36+/m11/s1. The van der Waals surface area contributed by atoms with E-state index in [9.17, 15) is 28.1 Å². The summed E-state index contributed by atoms with van der Waals surface area (Å²) in [7, 11) is -17.4. The Kier molecular flexibility index (Phi) is 32.5. The summed E-state index contributed by atoms with van der Waals surface area (Å²) in [5.74, 6) is -3.02. The monoisotopic (exact) mass is 1620 g/mol. The number of methoxy groups -OCH3 is 1. The fraction of sp³-hybridized carbons (Fsp3) is 0.676. The summed E-state index contributed by atoms with van der Waals surface area (Å²) < 4.78 is 130. The number of ether oxygens (including phenoxy) is 7. The van der Waals surface area contributed by atoms with Crippen molar-refractivity contribution >= 4 is 99.5 Å². The topological polar surface area (TPSA) is 219 Å². The molecule has 574 valence electrons. The van der Waals surface area contributed by atoms with Gasteiger partial charge in [0.1, 0.15) is 42.0 Å². The minimum absolute atomic E-state index is 0.0344. The number of hydrogen-bond acceptors (Lipinski definition) is 18. The maximum Gasteiger partial charge on any atom is 0.276 e. The van der Waals surface area contributed by atoms with Gasteiger partial charge in [0.15, 0.2) is 41.6 Å². The van der Waals surface area contributed by atoms with Gasteiger partial charge in [0.25, 0.3) is 34.7 Å². The molecule has 4 heterocycles. The van der Waals surface area contributed by atoms with Crippen LogP contribution < -0.4 is 9.47 Å². The fourth-order valence-corrected chi connectivity index (χ4v) is 23.9. The van der Waals surface area contributed by atoms with E-state index in [2.05, 4.69) is 98.2 Å². The Bertz CT molecular complexity index is 3420. The van der Waals surface area contributed by atoms with Gasteiger partial charge in [-0.3, -0.25) is 0 Å². The van der Waals surface area contributed by atoms with E-state index in [1.807, 2.05) is 88.4 Å². The maximum atomic E-state index is 13.4. The van der Waals surface area contributed by atoms with Crippen LogP contribution in [0.4, 0.5) is 0 Å². The van der Waals surface area contributed by atoms with Crippen molar-refractivity contribution in [1.82, 2.24) is 0 Å². The summed E-state index contributed by atoms with van der Waals surface area (Å²) >= 11 is 13.9. The van der Waals surface area contributed by atoms with Crippen LogP contribution in [0.1, 0.15) is 99.0 Å². The van der Waals surface area contributed by atoms with E-state index in [4.69, 9.17) is 78.5 Å². The fourth-order valence-electron chi connectivity index (χ4n) is 13.6. The highest BCUT2D eigenvalue weighted by Gasteiger charge is 2.60. The maximum absolute atomic E-state index is 13.4. The summed E-state index contributed by atoms with van der Waals surface area (Å²) in [4.78, 5) is 0. The predicted octanol–water partition coefficient (Wildman–Crippen LogP) is 17.4. The summed E-state index contributed by atoms with van der Waals surface area (Å²) in [6.45, 7) is 41.9. The minimum atomic E-state index is -2.36. The largest absolute Gasteiger partial charge is 0.488 e. The highest BCUT2D eigenvalue weighted by atomic mass is 35.5. The van der Waals surface area contributed by atoms with E-state index >= 15 is 0 Å². The van der Waals surface area contributed by atoms with Crippen molar-refractivity contribution in [3.63, 3.8) is 0 Å². The van der Waals surface area contributed by atoms with Crippen LogP contribution in [-0.4, -0.2) is 169 Å². The first-order valence-electron chi connectivity index (χ1n) is 37.2. The normalized spacial score (nSPS) is 26.3. The second-order valence-corrected chi connectivity index (χ2v) is 64.9. The Morgan fingerprint density at radius 1 is 0.485 bits per heavy atom. The van der Waals surface area contributed by atoms with Crippen molar-refractivity contribution in [2.75, 3.05) is 33.5 Å². The molecule has 0 aromatic heterocycles. The second-order valence-electron chi connectivity index (χ2n) is 32.8. The Labute approximate surface area is 636 Å². The van der Waals surface area contributed by atoms with Gasteiger partial charge in [-0.2, -0.15) is 0 Å². The average molecular weight is 1620 g/mol. The summed E-state index contributed by atoms with van der Waals surface area (Å²) in [5, 5.41) is 27.1. The van der Waals surface area contributed by atoms with E-state index in [0.717, 1.165) is 35.5 Å². The molecule has 4 aliphatic heterocycles. The third-order valence-electron chi connectivity index (χ3n) is 18.5. The minimum Gasteiger partial charge on any atom is -0.488 e. The Morgan fingerprint density at radius 2 is 0.835 bits per heavy atom. The smallest absolute Gasteiger partial charge is 0.276 e. The van der Waals surface area contributed by atoms with Crippen LogP contribution in [0.25, 0.3) is 0 Å². The molecule has 0 saturated carbocycles. The van der Waals surface area contributed by atoms with Crippen LogP contribution in [-0.2, 0) is 75.2 Å². The SMILES string of the molecule is CC[Si](=O)CC[C@H]1O[C@@](O)(c2ccc(Cl)c(C(OC)c3ccc(OC4CCOC4)cc3)c2)[C@H](O[Si](C)(C)C)[C@@H](O[Si](C)(C)C)[C@@H]1C[Si](=O)CC.CC[Si](=O)CC[C@H]1O[C@@](O)(c2ccc(Cl)c(C(O[Si](C)(C)C)c3ccc(OC4CCOC4)cc3)c2)[C@H](O[Si](C)(C)C)[C@@H](O[Si](C)(C)C)[C@@H]1C[Si](=O)CC. The molecule has 0 radical (unpaired) electrons. The molecule has 0 aliphatic carbocycles. The molecule has 4 unspecified atom stereocenters. The first-order valence-corrected chi connectivity index (χ1v) is 62.3. The molecule has 0 bridgehead atoms. The lowest BCUT2D eigenvalue weighted by Gasteiger charge is -2.54. The van der Waals surface area contributed by atoms with Crippen LogP contribution in [0, 0.1) is 11.8 Å².